The van der Waals surface area contributed by atoms with Crippen LogP contribution in [0.3, 0.4) is 0 Å². The van der Waals surface area contributed by atoms with Crippen molar-refractivity contribution in [3.05, 3.63) is 0 Å². The van der Waals surface area contributed by atoms with Gasteiger partial charge >= 0.3 is 0 Å². The lowest BCUT2D eigenvalue weighted by atomic mass is 9.86. The molecule has 2 saturated carbocycles. The molecule has 1 saturated heterocycles. The van der Waals surface area contributed by atoms with Gasteiger partial charge in [-0.05, 0) is 56.3 Å². The monoisotopic (exact) mass is 302 g/mol. The van der Waals surface area contributed by atoms with E-state index >= 15 is 0 Å². The number of hydrogen-bond acceptors (Lipinski definition) is 3. The zero-order valence-corrected chi connectivity index (χ0v) is 12.9. The van der Waals surface area contributed by atoms with Gasteiger partial charge in [0.1, 0.15) is 6.10 Å². The van der Waals surface area contributed by atoms with E-state index in [1.807, 2.05) is 0 Å². The second-order valence-electron chi connectivity index (χ2n) is 6.57. The number of carbonyl (C=O) groups is 1. The van der Waals surface area contributed by atoms with E-state index in [-0.39, 0.29) is 30.5 Å². The molecule has 116 valence electrons. The average molecular weight is 303 g/mol. The van der Waals surface area contributed by atoms with Gasteiger partial charge in [0.2, 0.25) is 5.91 Å². The summed E-state index contributed by atoms with van der Waals surface area (Å²) in [6.45, 7) is 1.34. The van der Waals surface area contributed by atoms with Crippen LogP contribution in [0.2, 0.25) is 0 Å². The molecule has 4 nitrogen and oxygen atoms in total. The van der Waals surface area contributed by atoms with Gasteiger partial charge in [0.05, 0.1) is 6.10 Å². The van der Waals surface area contributed by atoms with Crippen molar-refractivity contribution in [2.24, 2.45) is 23.5 Å². The van der Waals surface area contributed by atoms with E-state index in [0.717, 1.165) is 43.6 Å². The first-order valence-corrected chi connectivity index (χ1v) is 7.89. The van der Waals surface area contributed by atoms with Crippen molar-refractivity contribution in [1.29, 1.82) is 0 Å². The summed E-state index contributed by atoms with van der Waals surface area (Å²) in [6, 6.07) is 0. The molecular formula is C15H27ClN2O2. The van der Waals surface area contributed by atoms with Crippen LogP contribution in [0.1, 0.15) is 44.9 Å². The molecule has 1 heterocycles. The third-order valence-corrected chi connectivity index (χ3v) is 5.36. The molecule has 0 radical (unpaired) electrons. The van der Waals surface area contributed by atoms with Gasteiger partial charge in [-0.2, -0.15) is 0 Å². The topological polar surface area (TPSA) is 64.4 Å². The lowest BCUT2D eigenvalue weighted by Crippen LogP contribution is -2.36. The van der Waals surface area contributed by atoms with Crippen LogP contribution in [0.25, 0.3) is 0 Å². The van der Waals surface area contributed by atoms with Crippen molar-refractivity contribution in [3.8, 4) is 0 Å². The number of amides is 1. The molecule has 5 heteroatoms. The number of rotatable bonds is 5. The highest BCUT2D eigenvalue weighted by Crippen LogP contribution is 2.49. The Morgan fingerprint density at radius 3 is 2.65 bits per heavy atom. The Labute approximate surface area is 127 Å². The number of nitrogens with one attached hydrogen (secondary N) is 1. The van der Waals surface area contributed by atoms with Crippen molar-refractivity contribution in [1.82, 2.24) is 5.32 Å². The summed E-state index contributed by atoms with van der Waals surface area (Å²) >= 11 is 0. The standard InChI is InChI=1S/C15H26N2O2.ClH/c16-9-13-3-4-14(19-13)15(18)17-6-5-12-8-10-1-2-11(12)7-10;/h10-14H,1-9,16H2,(H,17,18);1H/t10?,11?,12?,13-,14+;/m1./s1. The van der Waals surface area contributed by atoms with Crippen LogP contribution in [-0.4, -0.2) is 31.2 Å². The highest BCUT2D eigenvalue weighted by atomic mass is 35.5. The molecular weight excluding hydrogens is 276 g/mol. The van der Waals surface area contributed by atoms with Gasteiger partial charge in [0.15, 0.2) is 0 Å². The Morgan fingerprint density at radius 2 is 2.05 bits per heavy atom. The van der Waals surface area contributed by atoms with E-state index in [9.17, 15) is 4.79 Å². The van der Waals surface area contributed by atoms with E-state index in [0.29, 0.717) is 6.54 Å². The molecule has 5 atom stereocenters. The van der Waals surface area contributed by atoms with Gasteiger partial charge in [0.25, 0.3) is 0 Å². The van der Waals surface area contributed by atoms with Crippen LogP contribution >= 0.6 is 12.4 Å². The highest BCUT2D eigenvalue weighted by molar-refractivity contribution is 5.85. The Morgan fingerprint density at radius 1 is 1.20 bits per heavy atom. The maximum absolute atomic E-state index is 12.0. The largest absolute Gasteiger partial charge is 0.364 e. The quantitative estimate of drug-likeness (QED) is 0.815. The van der Waals surface area contributed by atoms with Crippen LogP contribution < -0.4 is 11.1 Å². The average Bonchev–Trinajstić information content (AvgIpc) is 3.14. The molecule has 3 fully saturated rings. The summed E-state index contributed by atoms with van der Waals surface area (Å²) in [5.41, 5.74) is 5.56. The van der Waals surface area contributed by atoms with Crippen LogP contribution in [0.5, 0.6) is 0 Å². The lowest BCUT2D eigenvalue weighted by Gasteiger charge is -2.22. The Kier molecular flexibility index (Phi) is 5.70. The minimum Gasteiger partial charge on any atom is -0.364 e. The summed E-state index contributed by atoms with van der Waals surface area (Å²) in [5.74, 6) is 2.87. The molecule has 2 aliphatic carbocycles. The molecule has 0 spiro atoms. The summed E-state index contributed by atoms with van der Waals surface area (Å²) in [6.07, 6.45) is 8.44. The first kappa shape index (κ1) is 16.1. The molecule has 0 aromatic heterocycles. The molecule has 0 aromatic rings. The summed E-state index contributed by atoms with van der Waals surface area (Å²) in [4.78, 5) is 12.0. The second-order valence-corrected chi connectivity index (χ2v) is 6.57. The van der Waals surface area contributed by atoms with Crippen LogP contribution in [0, 0.1) is 17.8 Å². The van der Waals surface area contributed by atoms with Crippen molar-refractivity contribution >= 4 is 18.3 Å². The molecule has 1 amide bonds. The van der Waals surface area contributed by atoms with Gasteiger partial charge in [-0.25, -0.2) is 0 Å². The first-order chi connectivity index (χ1) is 9.26. The third kappa shape index (κ3) is 3.46. The van der Waals surface area contributed by atoms with Crippen LogP contribution in [0.4, 0.5) is 0 Å². The first-order valence-electron chi connectivity index (χ1n) is 7.89. The third-order valence-electron chi connectivity index (χ3n) is 5.36. The van der Waals surface area contributed by atoms with E-state index in [4.69, 9.17) is 10.5 Å². The van der Waals surface area contributed by atoms with Crippen molar-refractivity contribution in [2.45, 2.75) is 57.2 Å². The summed E-state index contributed by atoms with van der Waals surface area (Å²) < 4.78 is 5.61. The molecule has 3 rings (SSSR count). The molecule has 3 aliphatic rings. The van der Waals surface area contributed by atoms with Crippen molar-refractivity contribution < 1.29 is 9.53 Å². The van der Waals surface area contributed by atoms with Crippen LogP contribution in [-0.2, 0) is 9.53 Å². The molecule has 3 unspecified atom stereocenters. The van der Waals surface area contributed by atoms with E-state index in [1.54, 1.807) is 0 Å². The summed E-state index contributed by atoms with van der Waals surface area (Å²) in [5, 5.41) is 3.05. The van der Waals surface area contributed by atoms with Gasteiger partial charge in [-0.1, -0.05) is 6.42 Å². The Bertz CT molecular complexity index is 340. The zero-order valence-electron chi connectivity index (χ0n) is 12.1. The maximum atomic E-state index is 12.0. The number of carbonyl (C=O) groups excluding carboxylic acids is 1. The number of halogens is 1. The lowest BCUT2D eigenvalue weighted by molar-refractivity contribution is -0.131. The van der Waals surface area contributed by atoms with Crippen molar-refractivity contribution in [3.63, 3.8) is 0 Å². The smallest absolute Gasteiger partial charge is 0.249 e. The molecule has 20 heavy (non-hydrogen) atoms. The fourth-order valence-electron chi connectivity index (χ4n) is 4.30. The summed E-state index contributed by atoms with van der Waals surface area (Å²) in [7, 11) is 0. The fourth-order valence-corrected chi connectivity index (χ4v) is 4.30. The maximum Gasteiger partial charge on any atom is 0.249 e. The van der Waals surface area contributed by atoms with Gasteiger partial charge in [-0.3, -0.25) is 4.79 Å². The van der Waals surface area contributed by atoms with E-state index in [1.165, 1.54) is 25.7 Å². The number of hydrogen-bond donors (Lipinski definition) is 2. The zero-order chi connectivity index (χ0) is 13.2. The second kappa shape index (κ2) is 7.10. The van der Waals surface area contributed by atoms with Crippen LogP contribution in [0.15, 0.2) is 0 Å². The number of fused-ring (bicyclic) bond motifs is 2. The Balaban J connectivity index is 0.00000147. The SMILES string of the molecule is Cl.NC[C@H]1CC[C@@H](C(=O)NCCC2CC3CCC2C3)O1. The number of nitrogens with two attached hydrogens (primary N) is 1. The predicted octanol–water partition coefficient (Wildman–Crippen LogP) is 1.86. The van der Waals surface area contributed by atoms with Crippen molar-refractivity contribution in [2.75, 3.05) is 13.1 Å². The molecule has 3 N–H and O–H groups in total. The minimum absolute atomic E-state index is 0. The van der Waals surface area contributed by atoms with E-state index < -0.39 is 0 Å². The molecule has 1 aliphatic heterocycles. The van der Waals surface area contributed by atoms with Gasteiger partial charge in [0, 0.05) is 13.1 Å². The molecule has 0 aromatic carbocycles. The highest BCUT2D eigenvalue weighted by Gasteiger charge is 2.39. The molecule has 2 bridgehead atoms. The fraction of sp³-hybridized carbons (Fsp3) is 0.933. The Hall–Kier alpha value is -0.320. The normalized spacial score (nSPS) is 38.8. The van der Waals surface area contributed by atoms with E-state index in [2.05, 4.69) is 5.32 Å². The predicted molar refractivity (Wildman–Crippen MR) is 80.8 cm³/mol. The number of ether oxygens (including phenoxy) is 1. The van der Waals surface area contributed by atoms with Gasteiger partial charge in [-0.15, -0.1) is 12.4 Å². The minimum atomic E-state index is -0.256. The van der Waals surface area contributed by atoms with Gasteiger partial charge < -0.3 is 15.8 Å².